The number of halogens is 1. The topological polar surface area (TPSA) is 50.8 Å². The van der Waals surface area contributed by atoms with Gasteiger partial charge in [-0.05, 0) is 33.8 Å². The van der Waals surface area contributed by atoms with E-state index in [9.17, 15) is 4.79 Å². The fourth-order valence-electron chi connectivity index (χ4n) is 3.22. The molecule has 1 aromatic carbocycles. The quantitative estimate of drug-likeness (QED) is 0.507. The summed E-state index contributed by atoms with van der Waals surface area (Å²) >= 11 is 6.60. The Morgan fingerprint density at radius 2 is 2.09 bits per heavy atom. The van der Waals surface area contributed by atoms with Crippen LogP contribution in [0.15, 0.2) is 24.3 Å². The highest BCUT2D eigenvalue weighted by atomic mass is 35.5. The number of esters is 1. The molecule has 1 heterocycles. The molecular formula is C17H25ClN2O3. The van der Waals surface area contributed by atoms with Crippen molar-refractivity contribution in [2.24, 2.45) is 0 Å². The number of nitrogens with zero attached hydrogens (tertiary/aromatic N) is 1. The van der Waals surface area contributed by atoms with E-state index in [-0.39, 0.29) is 6.04 Å². The van der Waals surface area contributed by atoms with Gasteiger partial charge in [-0.3, -0.25) is 10.2 Å². The van der Waals surface area contributed by atoms with Crippen LogP contribution in [-0.4, -0.2) is 42.2 Å². The summed E-state index contributed by atoms with van der Waals surface area (Å²) in [5, 5.41) is 3.29. The molecule has 5 nitrogen and oxygen atoms in total. The largest absolute Gasteiger partial charge is 0.496 e. The van der Waals surface area contributed by atoms with Gasteiger partial charge in [-0.1, -0.05) is 29.8 Å². The first-order valence-corrected chi connectivity index (χ1v) is 8.22. The molecular weight excluding hydrogens is 316 g/mol. The number of nitrogens with one attached hydrogen (secondary N) is 1. The van der Waals surface area contributed by atoms with Gasteiger partial charge in [0.05, 0.1) is 13.7 Å². The van der Waals surface area contributed by atoms with Crippen molar-refractivity contribution in [3.63, 3.8) is 0 Å². The molecule has 2 atom stereocenters. The molecule has 0 spiro atoms. The van der Waals surface area contributed by atoms with Crippen LogP contribution in [0.1, 0.15) is 33.3 Å². The molecule has 1 fully saturated rings. The molecule has 0 aliphatic carbocycles. The summed E-state index contributed by atoms with van der Waals surface area (Å²) < 4.78 is 10.7. The van der Waals surface area contributed by atoms with E-state index in [0.29, 0.717) is 13.2 Å². The fourth-order valence-corrected chi connectivity index (χ4v) is 3.59. The predicted octanol–water partition coefficient (Wildman–Crippen LogP) is 2.68. The van der Waals surface area contributed by atoms with Crippen LogP contribution < -0.4 is 10.1 Å². The van der Waals surface area contributed by atoms with Crippen molar-refractivity contribution >= 4 is 17.6 Å². The van der Waals surface area contributed by atoms with Crippen molar-refractivity contribution in [2.45, 2.75) is 44.4 Å². The number of methoxy groups -OCH3 is 1. The molecule has 0 amide bonds. The summed E-state index contributed by atoms with van der Waals surface area (Å²) in [6, 6.07) is 7.92. The van der Waals surface area contributed by atoms with Crippen LogP contribution in [0, 0.1) is 0 Å². The van der Waals surface area contributed by atoms with Crippen molar-refractivity contribution in [3.05, 3.63) is 29.8 Å². The van der Waals surface area contributed by atoms with E-state index >= 15 is 0 Å². The van der Waals surface area contributed by atoms with Gasteiger partial charge in [0.15, 0.2) is 0 Å². The van der Waals surface area contributed by atoms with E-state index < -0.39 is 16.6 Å². The minimum absolute atomic E-state index is 0.174. The zero-order chi connectivity index (χ0) is 17.3. The lowest BCUT2D eigenvalue weighted by molar-refractivity contribution is -0.146. The van der Waals surface area contributed by atoms with Crippen LogP contribution in [0.3, 0.4) is 0 Å². The average molecular weight is 341 g/mol. The number of benzene rings is 1. The number of rotatable bonds is 5. The van der Waals surface area contributed by atoms with Gasteiger partial charge in [0.2, 0.25) is 5.00 Å². The Labute approximate surface area is 142 Å². The Bertz CT molecular complexity index is 581. The van der Waals surface area contributed by atoms with Gasteiger partial charge in [-0.15, -0.1) is 0 Å². The van der Waals surface area contributed by atoms with Crippen LogP contribution in [0.2, 0.25) is 0 Å². The lowest BCUT2D eigenvalue weighted by Gasteiger charge is -2.38. The highest BCUT2D eigenvalue weighted by molar-refractivity contribution is 6.34. The molecule has 2 rings (SSSR count). The zero-order valence-corrected chi connectivity index (χ0v) is 15.1. The lowest BCUT2D eigenvalue weighted by Crippen LogP contribution is -2.52. The van der Waals surface area contributed by atoms with Crippen LogP contribution in [0.25, 0.3) is 0 Å². The number of hydrogen-bond donors (Lipinski definition) is 1. The molecule has 2 unspecified atom stereocenters. The SMILES string of the molecule is CCOC(=O)C1(Cl)CN(C(C)C)C(C)(c2ccccc2OC)N1. The molecule has 1 N–H and O–H groups in total. The Morgan fingerprint density at radius 3 is 2.65 bits per heavy atom. The molecule has 1 aliphatic heterocycles. The second kappa shape index (κ2) is 6.67. The molecule has 128 valence electrons. The number of carbonyl (C=O) groups excluding carboxylic acids is 1. The van der Waals surface area contributed by atoms with Gasteiger partial charge in [-0.25, -0.2) is 4.79 Å². The van der Waals surface area contributed by atoms with Crippen molar-refractivity contribution < 1.29 is 14.3 Å². The average Bonchev–Trinajstić information content (AvgIpc) is 2.81. The second-order valence-electron chi connectivity index (χ2n) is 6.14. The lowest BCUT2D eigenvalue weighted by atomic mass is 9.98. The minimum Gasteiger partial charge on any atom is -0.496 e. The Morgan fingerprint density at radius 1 is 1.43 bits per heavy atom. The van der Waals surface area contributed by atoms with E-state index in [1.54, 1.807) is 14.0 Å². The van der Waals surface area contributed by atoms with Crippen LogP contribution in [0.4, 0.5) is 0 Å². The summed E-state index contributed by atoms with van der Waals surface area (Å²) in [4.78, 5) is 13.2. The normalized spacial score (nSPS) is 28.1. The van der Waals surface area contributed by atoms with Gasteiger partial charge >= 0.3 is 5.97 Å². The molecule has 1 saturated heterocycles. The molecule has 0 aromatic heterocycles. The van der Waals surface area contributed by atoms with Gasteiger partial charge in [0, 0.05) is 18.2 Å². The monoisotopic (exact) mass is 340 g/mol. The first kappa shape index (κ1) is 18.0. The van der Waals surface area contributed by atoms with E-state index in [1.165, 1.54) is 0 Å². The summed E-state index contributed by atoms with van der Waals surface area (Å²) in [6.07, 6.45) is 0. The minimum atomic E-state index is -1.28. The van der Waals surface area contributed by atoms with Crippen molar-refractivity contribution in [3.8, 4) is 5.75 Å². The van der Waals surface area contributed by atoms with Crippen molar-refractivity contribution in [1.29, 1.82) is 0 Å². The molecule has 6 heteroatoms. The Balaban J connectivity index is 2.48. The Hall–Kier alpha value is -1.30. The third-order valence-electron chi connectivity index (χ3n) is 4.26. The first-order valence-electron chi connectivity index (χ1n) is 7.84. The van der Waals surface area contributed by atoms with Gasteiger partial charge in [0.1, 0.15) is 11.4 Å². The summed E-state index contributed by atoms with van der Waals surface area (Å²) in [6.45, 7) is 8.56. The molecule has 1 aliphatic rings. The number of hydrogen-bond acceptors (Lipinski definition) is 5. The zero-order valence-electron chi connectivity index (χ0n) is 14.4. The van der Waals surface area contributed by atoms with Crippen LogP contribution in [0.5, 0.6) is 5.75 Å². The smallest absolute Gasteiger partial charge is 0.343 e. The molecule has 1 aromatic rings. The molecule has 0 saturated carbocycles. The standard InChI is InChI=1S/C17H25ClN2O3/c1-6-23-15(21)17(18)11-20(12(2)3)16(4,19-17)13-9-7-8-10-14(13)22-5/h7-10,12,19H,6,11H2,1-5H3. The summed E-state index contributed by atoms with van der Waals surface area (Å²) in [7, 11) is 1.64. The molecule has 23 heavy (non-hydrogen) atoms. The highest BCUT2D eigenvalue weighted by Crippen LogP contribution is 2.42. The maximum atomic E-state index is 12.3. The molecule has 0 radical (unpaired) electrons. The predicted molar refractivity (Wildman–Crippen MR) is 90.5 cm³/mol. The highest BCUT2D eigenvalue weighted by Gasteiger charge is 2.56. The van der Waals surface area contributed by atoms with E-state index in [2.05, 4.69) is 24.1 Å². The van der Waals surface area contributed by atoms with Gasteiger partial charge in [-0.2, -0.15) is 0 Å². The van der Waals surface area contributed by atoms with Crippen molar-refractivity contribution in [1.82, 2.24) is 10.2 Å². The third kappa shape index (κ3) is 3.18. The van der Waals surface area contributed by atoms with Crippen LogP contribution in [-0.2, 0) is 15.2 Å². The fraction of sp³-hybridized carbons (Fsp3) is 0.588. The van der Waals surface area contributed by atoms with E-state index in [1.807, 2.05) is 31.2 Å². The number of alkyl halides is 1. The Kier molecular flexibility index (Phi) is 5.23. The number of ether oxygens (including phenoxy) is 2. The second-order valence-corrected chi connectivity index (χ2v) is 6.79. The van der Waals surface area contributed by atoms with Crippen LogP contribution >= 0.6 is 11.6 Å². The third-order valence-corrected chi connectivity index (χ3v) is 4.63. The first-order chi connectivity index (χ1) is 10.8. The number of para-hydroxylation sites is 1. The summed E-state index contributed by atoms with van der Waals surface area (Å²) in [5.41, 5.74) is 0.290. The molecule has 0 bridgehead atoms. The van der Waals surface area contributed by atoms with E-state index in [0.717, 1.165) is 11.3 Å². The maximum Gasteiger partial charge on any atom is 0.343 e. The summed E-state index contributed by atoms with van der Waals surface area (Å²) in [5.74, 6) is 0.295. The van der Waals surface area contributed by atoms with Gasteiger partial charge < -0.3 is 9.47 Å². The van der Waals surface area contributed by atoms with Gasteiger partial charge in [0.25, 0.3) is 0 Å². The number of carbonyl (C=O) groups is 1. The van der Waals surface area contributed by atoms with E-state index in [4.69, 9.17) is 21.1 Å². The van der Waals surface area contributed by atoms with Crippen molar-refractivity contribution in [2.75, 3.05) is 20.3 Å². The maximum absolute atomic E-state index is 12.3.